The zero-order chi connectivity index (χ0) is 12.0. The molecule has 1 aromatic rings. The Hall–Kier alpha value is -1.77. The molecular formula is C13H18NO2+. The highest BCUT2D eigenvalue weighted by Crippen LogP contribution is 2.06. The minimum Gasteiger partial charge on any atom is -0.407 e. The van der Waals surface area contributed by atoms with Gasteiger partial charge in [-0.2, -0.15) is 0 Å². The lowest BCUT2D eigenvalue weighted by atomic mass is 10.1. The van der Waals surface area contributed by atoms with Gasteiger partial charge < -0.3 is 4.74 Å². The van der Waals surface area contributed by atoms with Crippen molar-refractivity contribution in [3.8, 4) is 0 Å². The van der Waals surface area contributed by atoms with Gasteiger partial charge >= 0.3 is 5.90 Å². The van der Waals surface area contributed by atoms with Gasteiger partial charge in [0.1, 0.15) is 12.9 Å². The molecule has 3 heteroatoms. The van der Waals surface area contributed by atoms with Gasteiger partial charge in [-0.05, 0) is 39.0 Å². The summed E-state index contributed by atoms with van der Waals surface area (Å²) in [6.07, 6.45) is 1.90. The number of benzene rings is 1. The average molecular weight is 220 g/mol. The predicted molar refractivity (Wildman–Crippen MR) is 63.8 cm³/mol. The van der Waals surface area contributed by atoms with E-state index in [0.29, 0.717) is 5.90 Å². The van der Waals surface area contributed by atoms with Crippen molar-refractivity contribution in [1.29, 1.82) is 0 Å². The lowest BCUT2D eigenvalue weighted by Crippen LogP contribution is -2.71. The van der Waals surface area contributed by atoms with Crippen molar-refractivity contribution >= 4 is 5.90 Å². The van der Waals surface area contributed by atoms with E-state index < -0.39 is 0 Å². The number of allylic oxidation sites excluding steroid dienone is 2. The van der Waals surface area contributed by atoms with Crippen LogP contribution in [0.15, 0.2) is 36.1 Å². The molecule has 0 aliphatic carbocycles. The van der Waals surface area contributed by atoms with E-state index >= 15 is 0 Å². The SMILES string of the molecule is C/C=C(\C)O/C(=[NH+]/OC)c1cccc(C)c1. The van der Waals surface area contributed by atoms with Crippen LogP contribution in [-0.4, -0.2) is 13.0 Å². The summed E-state index contributed by atoms with van der Waals surface area (Å²) in [4.78, 5) is 4.90. The van der Waals surface area contributed by atoms with E-state index in [4.69, 9.17) is 9.57 Å². The number of hydrogen-bond donors (Lipinski definition) is 1. The van der Waals surface area contributed by atoms with Crippen LogP contribution in [0.4, 0.5) is 0 Å². The first-order valence-electron chi connectivity index (χ1n) is 5.21. The van der Waals surface area contributed by atoms with Crippen LogP contribution in [-0.2, 0) is 9.57 Å². The van der Waals surface area contributed by atoms with Crippen molar-refractivity contribution in [3.05, 3.63) is 47.2 Å². The minimum atomic E-state index is 0.599. The van der Waals surface area contributed by atoms with Crippen molar-refractivity contribution in [2.75, 3.05) is 7.11 Å². The standard InChI is InChI=1S/C13H17NO2/c1-5-11(3)16-13(14-15-4)12-8-6-7-10(2)9-12/h5-9H,1-4H3/p+1/b11-5+,14-13+. The van der Waals surface area contributed by atoms with Crippen molar-refractivity contribution in [2.45, 2.75) is 20.8 Å². The Morgan fingerprint density at radius 2 is 2.12 bits per heavy atom. The zero-order valence-corrected chi connectivity index (χ0v) is 10.2. The van der Waals surface area contributed by atoms with Gasteiger partial charge in [-0.3, -0.25) is 4.84 Å². The molecule has 0 aromatic heterocycles. The minimum absolute atomic E-state index is 0.599. The lowest BCUT2D eigenvalue weighted by Gasteiger charge is -2.03. The van der Waals surface area contributed by atoms with Crippen LogP contribution in [0.25, 0.3) is 0 Å². The third-order valence-corrected chi connectivity index (χ3v) is 2.14. The summed E-state index contributed by atoms with van der Waals surface area (Å²) < 4.78 is 5.62. The first-order chi connectivity index (χ1) is 7.67. The van der Waals surface area contributed by atoms with Crippen molar-refractivity contribution in [3.63, 3.8) is 0 Å². The summed E-state index contributed by atoms with van der Waals surface area (Å²) in [6.45, 7) is 5.86. The smallest absolute Gasteiger partial charge is 0.407 e. The molecule has 0 saturated carbocycles. The molecule has 0 atom stereocenters. The summed E-state index contributed by atoms with van der Waals surface area (Å²) in [5, 5.41) is 2.74. The Balaban J connectivity index is 2.99. The monoisotopic (exact) mass is 220 g/mol. The normalized spacial score (nSPS) is 12.5. The van der Waals surface area contributed by atoms with E-state index in [-0.39, 0.29) is 0 Å². The third-order valence-electron chi connectivity index (χ3n) is 2.14. The number of rotatable bonds is 3. The fourth-order valence-electron chi connectivity index (χ4n) is 1.24. The van der Waals surface area contributed by atoms with Gasteiger partial charge in [0.15, 0.2) is 0 Å². The van der Waals surface area contributed by atoms with E-state index in [1.165, 1.54) is 5.56 Å². The Morgan fingerprint density at radius 1 is 1.38 bits per heavy atom. The van der Waals surface area contributed by atoms with E-state index in [9.17, 15) is 0 Å². The van der Waals surface area contributed by atoms with Crippen LogP contribution in [0.3, 0.4) is 0 Å². The molecule has 0 radical (unpaired) electrons. The molecule has 0 bridgehead atoms. The molecule has 0 fully saturated rings. The van der Waals surface area contributed by atoms with E-state index in [2.05, 4.69) is 5.16 Å². The van der Waals surface area contributed by atoms with Crippen molar-refractivity contribution in [1.82, 2.24) is 0 Å². The highest BCUT2D eigenvalue weighted by molar-refractivity contribution is 5.90. The molecule has 0 unspecified atom stereocenters. The Labute approximate surface area is 96.4 Å². The highest BCUT2D eigenvalue weighted by Gasteiger charge is 2.13. The number of aryl methyl sites for hydroxylation is 1. The lowest BCUT2D eigenvalue weighted by molar-refractivity contribution is -0.748. The Kier molecular flexibility index (Phi) is 4.58. The van der Waals surface area contributed by atoms with Crippen LogP contribution in [0.1, 0.15) is 25.0 Å². The van der Waals surface area contributed by atoms with Gasteiger partial charge in [-0.15, -0.1) is 0 Å². The summed E-state index contributed by atoms with van der Waals surface area (Å²) >= 11 is 0. The van der Waals surface area contributed by atoms with Gasteiger partial charge in [0.25, 0.3) is 0 Å². The van der Waals surface area contributed by atoms with Crippen LogP contribution < -0.4 is 5.16 Å². The van der Waals surface area contributed by atoms with Crippen LogP contribution in [0, 0.1) is 6.92 Å². The molecule has 86 valence electrons. The topological polar surface area (TPSA) is 32.4 Å². The second-order valence-corrected chi connectivity index (χ2v) is 3.51. The fourth-order valence-corrected chi connectivity index (χ4v) is 1.24. The van der Waals surface area contributed by atoms with E-state index in [1.54, 1.807) is 7.11 Å². The molecule has 0 spiro atoms. The first kappa shape index (κ1) is 12.3. The second kappa shape index (κ2) is 5.95. The molecule has 0 saturated heterocycles. The Morgan fingerprint density at radius 3 is 2.69 bits per heavy atom. The molecule has 0 heterocycles. The molecule has 0 aliphatic heterocycles. The fraction of sp³-hybridized carbons (Fsp3) is 0.308. The van der Waals surface area contributed by atoms with Crippen molar-refractivity contribution < 1.29 is 14.7 Å². The molecule has 1 N–H and O–H groups in total. The molecule has 3 nitrogen and oxygen atoms in total. The molecule has 1 aromatic carbocycles. The average Bonchev–Trinajstić information content (AvgIpc) is 2.28. The highest BCUT2D eigenvalue weighted by atomic mass is 16.6. The number of hydrogen-bond acceptors (Lipinski definition) is 2. The quantitative estimate of drug-likeness (QED) is 0.361. The van der Waals surface area contributed by atoms with Gasteiger partial charge in [0.2, 0.25) is 0 Å². The van der Waals surface area contributed by atoms with Gasteiger partial charge in [-0.1, -0.05) is 17.7 Å². The molecule has 16 heavy (non-hydrogen) atoms. The maximum atomic E-state index is 5.62. The summed E-state index contributed by atoms with van der Waals surface area (Å²) in [7, 11) is 1.56. The van der Waals surface area contributed by atoms with Gasteiger partial charge in [-0.25, -0.2) is 0 Å². The summed E-state index contributed by atoms with van der Waals surface area (Å²) in [5.41, 5.74) is 2.14. The van der Waals surface area contributed by atoms with Crippen LogP contribution >= 0.6 is 0 Å². The van der Waals surface area contributed by atoms with Crippen LogP contribution in [0.2, 0.25) is 0 Å². The summed E-state index contributed by atoms with van der Waals surface area (Å²) in [5.74, 6) is 1.42. The molecular weight excluding hydrogens is 202 g/mol. The predicted octanol–water partition coefficient (Wildman–Crippen LogP) is 1.32. The van der Waals surface area contributed by atoms with Crippen molar-refractivity contribution in [2.24, 2.45) is 0 Å². The van der Waals surface area contributed by atoms with Crippen LogP contribution in [0.5, 0.6) is 0 Å². The van der Waals surface area contributed by atoms with Gasteiger partial charge in [0, 0.05) is 5.16 Å². The maximum Gasteiger partial charge on any atom is 0.421 e. The van der Waals surface area contributed by atoms with Gasteiger partial charge in [0.05, 0.1) is 5.56 Å². The van der Waals surface area contributed by atoms with E-state index in [0.717, 1.165) is 11.3 Å². The third kappa shape index (κ3) is 3.42. The summed E-state index contributed by atoms with van der Waals surface area (Å²) in [6, 6.07) is 8.02. The number of nitrogens with one attached hydrogen (secondary N) is 1. The van der Waals surface area contributed by atoms with E-state index in [1.807, 2.05) is 51.1 Å². The largest absolute Gasteiger partial charge is 0.421 e. The molecule has 1 rings (SSSR count). The first-order valence-corrected chi connectivity index (χ1v) is 5.21. The Bertz CT molecular complexity index is 408. The molecule has 0 amide bonds. The zero-order valence-electron chi connectivity index (χ0n) is 10.2. The second-order valence-electron chi connectivity index (χ2n) is 3.51. The molecule has 0 aliphatic rings. The number of ether oxygens (including phenoxy) is 1. The maximum absolute atomic E-state index is 5.62.